The Balaban J connectivity index is 1.76. The fraction of sp³-hybridized carbons (Fsp3) is 0.667. The third-order valence-electron chi connectivity index (χ3n) is 4.34. The van der Waals surface area contributed by atoms with E-state index < -0.39 is 5.92 Å². The first-order valence-electron chi connectivity index (χ1n) is 8.09. The molecule has 6 nitrogen and oxygen atoms in total. The van der Waals surface area contributed by atoms with Gasteiger partial charge in [-0.05, 0) is 12.8 Å². The molecule has 3 N–H and O–H groups in total. The zero-order chi connectivity index (χ0) is 17.2. The highest BCUT2D eigenvalue weighted by Gasteiger charge is 2.35. The molecule has 9 heteroatoms. The molecule has 2 heterocycles. The molecule has 0 amide bonds. The molecule has 0 aromatic carbocycles. The molecule has 0 unspecified atom stereocenters. The lowest BCUT2D eigenvalue weighted by molar-refractivity contribution is -0.0361. The Kier molecular flexibility index (Phi) is 5.09. The smallest absolute Gasteiger partial charge is 0.248 e. The quantitative estimate of drug-likeness (QED) is 0.798. The van der Waals surface area contributed by atoms with E-state index in [-0.39, 0.29) is 29.7 Å². The molecule has 1 aliphatic heterocycles. The lowest BCUT2D eigenvalue weighted by atomic mass is 9.92. The Labute approximate surface area is 144 Å². The predicted octanol–water partition coefficient (Wildman–Crippen LogP) is 1.94. The molecule has 3 rings (SSSR count). The molecule has 24 heavy (non-hydrogen) atoms. The molecule has 0 atom stereocenters. The third-order valence-corrected chi connectivity index (χ3v) is 4.52. The van der Waals surface area contributed by atoms with Crippen LogP contribution in [-0.4, -0.2) is 53.2 Å². The van der Waals surface area contributed by atoms with Crippen molar-refractivity contribution in [3.05, 3.63) is 11.9 Å². The van der Waals surface area contributed by atoms with Gasteiger partial charge in [0, 0.05) is 38.0 Å². The van der Waals surface area contributed by atoms with Crippen LogP contribution in [0, 0.1) is 0 Å². The number of nitrogens with two attached hydrogens (primary N) is 1. The van der Waals surface area contributed by atoms with Gasteiger partial charge >= 0.3 is 0 Å². The van der Waals surface area contributed by atoms with E-state index in [4.69, 9.17) is 22.7 Å². The van der Waals surface area contributed by atoms with Crippen molar-refractivity contribution in [3.63, 3.8) is 0 Å². The molecule has 1 aromatic heterocycles. The maximum absolute atomic E-state index is 13.3. The number of ether oxygens (including phenoxy) is 1. The number of thiocarbonyl (C=S) groups is 1. The minimum Gasteiger partial charge on any atom is -0.387 e. The molecular formula is C15H21F2N5OS. The van der Waals surface area contributed by atoms with Gasteiger partial charge in [0.2, 0.25) is 5.92 Å². The van der Waals surface area contributed by atoms with E-state index in [2.05, 4.69) is 20.2 Å². The summed E-state index contributed by atoms with van der Waals surface area (Å²) in [5.41, 5.74) is 5.69. The van der Waals surface area contributed by atoms with Gasteiger partial charge < -0.3 is 20.7 Å². The summed E-state index contributed by atoms with van der Waals surface area (Å²) in [6, 6.07) is 1.79. The van der Waals surface area contributed by atoms with Crippen molar-refractivity contribution in [1.82, 2.24) is 9.97 Å². The molecule has 1 saturated heterocycles. The van der Waals surface area contributed by atoms with E-state index in [1.54, 1.807) is 0 Å². The van der Waals surface area contributed by atoms with Gasteiger partial charge in [0.1, 0.15) is 16.6 Å². The van der Waals surface area contributed by atoms with Gasteiger partial charge in [-0.1, -0.05) is 12.2 Å². The predicted molar refractivity (Wildman–Crippen MR) is 91.8 cm³/mol. The van der Waals surface area contributed by atoms with Gasteiger partial charge in [0.25, 0.3) is 0 Å². The van der Waals surface area contributed by atoms with Crippen LogP contribution in [0.2, 0.25) is 0 Å². The number of nitrogens with zero attached hydrogens (tertiary/aromatic N) is 3. The average Bonchev–Trinajstić information content (AvgIpc) is 2.57. The summed E-state index contributed by atoms with van der Waals surface area (Å²) in [6.07, 6.45) is 0.612. The van der Waals surface area contributed by atoms with Crippen molar-refractivity contribution in [2.45, 2.75) is 37.6 Å². The van der Waals surface area contributed by atoms with Crippen molar-refractivity contribution >= 4 is 28.8 Å². The normalized spacial score (nSPS) is 21.5. The van der Waals surface area contributed by atoms with E-state index >= 15 is 0 Å². The van der Waals surface area contributed by atoms with Crippen molar-refractivity contribution in [3.8, 4) is 0 Å². The minimum atomic E-state index is -2.55. The van der Waals surface area contributed by atoms with Crippen molar-refractivity contribution < 1.29 is 13.5 Å². The van der Waals surface area contributed by atoms with Crippen LogP contribution in [0.4, 0.5) is 20.4 Å². The van der Waals surface area contributed by atoms with Gasteiger partial charge in [-0.25, -0.2) is 18.7 Å². The number of alkyl halides is 2. The monoisotopic (exact) mass is 357 g/mol. The summed E-state index contributed by atoms with van der Waals surface area (Å²) in [4.78, 5) is 10.9. The Morgan fingerprint density at radius 2 is 1.96 bits per heavy atom. The number of halogens is 2. The lowest BCUT2D eigenvalue weighted by Crippen LogP contribution is -2.37. The summed E-state index contributed by atoms with van der Waals surface area (Å²) < 4.78 is 31.9. The Morgan fingerprint density at radius 3 is 2.58 bits per heavy atom. The second-order valence-electron chi connectivity index (χ2n) is 6.17. The highest BCUT2D eigenvalue weighted by Crippen LogP contribution is 2.34. The number of hydrogen-bond donors (Lipinski definition) is 2. The Bertz CT molecular complexity index is 600. The largest absolute Gasteiger partial charge is 0.387 e. The average molecular weight is 357 g/mol. The van der Waals surface area contributed by atoms with Crippen LogP contribution in [0.25, 0.3) is 0 Å². The first kappa shape index (κ1) is 17.2. The molecular weight excluding hydrogens is 336 g/mol. The van der Waals surface area contributed by atoms with Crippen molar-refractivity contribution in [2.24, 2.45) is 5.73 Å². The van der Waals surface area contributed by atoms with Gasteiger partial charge in [-0.2, -0.15) is 0 Å². The first-order valence-corrected chi connectivity index (χ1v) is 8.50. The second kappa shape index (κ2) is 7.10. The van der Waals surface area contributed by atoms with Gasteiger partial charge in [0.15, 0.2) is 5.82 Å². The summed E-state index contributed by atoms with van der Waals surface area (Å²) >= 11 is 5.00. The minimum absolute atomic E-state index is 0.0312. The fourth-order valence-electron chi connectivity index (χ4n) is 2.97. The van der Waals surface area contributed by atoms with Crippen LogP contribution >= 0.6 is 12.2 Å². The summed E-state index contributed by atoms with van der Waals surface area (Å²) in [7, 11) is 0. The molecule has 1 aromatic rings. The van der Waals surface area contributed by atoms with Crippen LogP contribution < -0.4 is 16.0 Å². The number of anilines is 2. The standard InChI is InChI=1S/C15H21F2N5OS/c16-15(17)3-1-10(2-4-15)19-11-9-12(21-14(20-11)13(18)24)22-5-7-23-8-6-22/h9-10H,1-8H2,(H2,18,24)(H,19,20,21). The summed E-state index contributed by atoms with van der Waals surface area (Å²) in [5.74, 6) is -0.964. The first-order chi connectivity index (χ1) is 11.4. The SMILES string of the molecule is NC(=S)c1nc(NC2CCC(F)(F)CC2)cc(N2CCOCC2)n1. The number of rotatable bonds is 4. The van der Waals surface area contributed by atoms with Crippen LogP contribution in [0.3, 0.4) is 0 Å². The van der Waals surface area contributed by atoms with Crippen molar-refractivity contribution in [1.29, 1.82) is 0 Å². The molecule has 1 aliphatic carbocycles. The summed E-state index contributed by atoms with van der Waals surface area (Å²) in [5, 5.41) is 3.24. The van der Waals surface area contributed by atoms with Crippen LogP contribution in [0.1, 0.15) is 31.5 Å². The van der Waals surface area contributed by atoms with E-state index in [0.717, 1.165) is 18.9 Å². The Morgan fingerprint density at radius 1 is 1.29 bits per heavy atom. The van der Waals surface area contributed by atoms with E-state index in [1.165, 1.54) is 0 Å². The molecule has 2 fully saturated rings. The van der Waals surface area contributed by atoms with E-state index in [9.17, 15) is 8.78 Å². The number of nitrogens with one attached hydrogen (secondary N) is 1. The number of morpholine rings is 1. The van der Waals surface area contributed by atoms with Gasteiger partial charge in [-0.15, -0.1) is 0 Å². The number of aromatic nitrogens is 2. The topological polar surface area (TPSA) is 76.3 Å². The zero-order valence-corrected chi connectivity index (χ0v) is 14.1. The van der Waals surface area contributed by atoms with Gasteiger partial charge in [0.05, 0.1) is 13.2 Å². The van der Waals surface area contributed by atoms with E-state index in [0.29, 0.717) is 31.9 Å². The van der Waals surface area contributed by atoms with Crippen LogP contribution in [-0.2, 0) is 4.74 Å². The maximum Gasteiger partial charge on any atom is 0.248 e. The molecule has 0 bridgehead atoms. The fourth-order valence-corrected chi connectivity index (χ4v) is 3.06. The van der Waals surface area contributed by atoms with Crippen LogP contribution in [0.15, 0.2) is 6.07 Å². The molecule has 2 aliphatic rings. The van der Waals surface area contributed by atoms with Crippen LogP contribution in [0.5, 0.6) is 0 Å². The molecule has 1 saturated carbocycles. The molecule has 0 radical (unpaired) electrons. The van der Waals surface area contributed by atoms with E-state index in [1.807, 2.05) is 6.07 Å². The Hall–Kier alpha value is -1.61. The highest BCUT2D eigenvalue weighted by molar-refractivity contribution is 7.80. The lowest BCUT2D eigenvalue weighted by Gasteiger charge is -2.30. The zero-order valence-electron chi connectivity index (χ0n) is 13.3. The molecule has 132 valence electrons. The molecule has 0 spiro atoms. The third kappa shape index (κ3) is 4.27. The van der Waals surface area contributed by atoms with Crippen molar-refractivity contribution in [2.75, 3.05) is 36.5 Å². The number of hydrogen-bond acceptors (Lipinski definition) is 6. The maximum atomic E-state index is 13.3. The van der Waals surface area contributed by atoms with Gasteiger partial charge in [-0.3, -0.25) is 0 Å². The second-order valence-corrected chi connectivity index (χ2v) is 6.61. The summed E-state index contributed by atoms with van der Waals surface area (Å²) in [6.45, 7) is 2.71. The highest BCUT2D eigenvalue weighted by atomic mass is 32.1.